The third-order valence-corrected chi connectivity index (χ3v) is 4.32. The molecule has 1 unspecified atom stereocenters. The zero-order valence-corrected chi connectivity index (χ0v) is 14.0. The highest BCUT2D eigenvalue weighted by molar-refractivity contribution is 7.10. The number of ether oxygens (including phenoxy) is 1. The van der Waals surface area contributed by atoms with Crippen LogP contribution in [0.5, 0.6) is 5.75 Å². The third-order valence-electron chi connectivity index (χ3n) is 3.35. The van der Waals surface area contributed by atoms with Gasteiger partial charge in [0.25, 0.3) is 5.91 Å². The maximum atomic E-state index is 11.9. The van der Waals surface area contributed by atoms with Crippen molar-refractivity contribution in [1.29, 1.82) is 0 Å². The Morgan fingerprint density at radius 2 is 2.14 bits per heavy atom. The second-order valence-corrected chi connectivity index (χ2v) is 6.38. The van der Waals surface area contributed by atoms with Crippen molar-refractivity contribution in [3.05, 3.63) is 52.2 Å². The minimum atomic E-state index is -0.107. The van der Waals surface area contributed by atoms with Gasteiger partial charge in [0, 0.05) is 11.4 Å². The first kappa shape index (κ1) is 16.5. The minimum Gasteiger partial charge on any atom is -0.484 e. The van der Waals surface area contributed by atoms with Crippen LogP contribution in [-0.2, 0) is 4.79 Å². The Morgan fingerprint density at radius 3 is 2.77 bits per heavy atom. The number of hydrogen-bond acceptors (Lipinski definition) is 4. The zero-order chi connectivity index (χ0) is 15.9. The van der Waals surface area contributed by atoms with E-state index in [1.165, 1.54) is 4.88 Å². The summed E-state index contributed by atoms with van der Waals surface area (Å²) in [5, 5.41) is 4.99. The van der Waals surface area contributed by atoms with E-state index in [0.29, 0.717) is 6.54 Å². The number of likely N-dealkylation sites (N-methyl/N-ethyl adjacent to an activating group) is 1. The molecule has 1 heterocycles. The van der Waals surface area contributed by atoms with Crippen molar-refractivity contribution in [3.63, 3.8) is 0 Å². The Labute approximate surface area is 135 Å². The summed E-state index contributed by atoms with van der Waals surface area (Å²) in [5.74, 6) is 0.613. The smallest absolute Gasteiger partial charge is 0.258 e. The fourth-order valence-corrected chi connectivity index (χ4v) is 3.06. The maximum absolute atomic E-state index is 11.9. The fraction of sp³-hybridized carbons (Fsp3) is 0.353. The van der Waals surface area contributed by atoms with Crippen molar-refractivity contribution in [2.75, 3.05) is 27.2 Å². The molecule has 118 valence electrons. The number of amides is 1. The Kier molecular flexibility index (Phi) is 5.98. The molecule has 2 aromatic rings. The van der Waals surface area contributed by atoms with Gasteiger partial charge in [0.2, 0.25) is 0 Å². The number of aryl methyl sites for hydroxylation is 1. The standard InChI is InChI=1S/C17H22N2O2S/c1-13-6-4-7-14(10-13)21-12-17(20)18-11-15(19(2)3)16-8-5-9-22-16/h4-10,15H,11-12H2,1-3H3,(H,18,20). The van der Waals surface area contributed by atoms with E-state index in [1.54, 1.807) is 11.3 Å². The first-order chi connectivity index (χ1) is 10.6. The number of benzene rings is 1. The maximum Gasteiger partial charge on any atom is 0.258 e. The minimum absolute atomic E-state index is 0.0358. The summed E-state index contributed by atoms with van der Waals surface area (Å²) in [6, 6.07) is 12.0. The summed E-state index contributed by atoms with van der Waals surface area (Å²) in [4.78, 5) is 15.3. The van der Waals surface area contributed by atoms with Gasteiger partial charge in [0.15, 0.2) is 6.61 Å². The van der Waals surface area contributed by atoms with Gasteiger partial charge in [-0.15, -0.1) is 11.3 Å². The van der Waals surface area contributed by atoms with Crippen LogP contribution in [0.25, 0.3) is 0 Å². The fourth-order valence-electron chi connectivity index (χ4n) is 2.13. The number of carbonyl (C=O) groups excluding carboxylic acids is 1. The highest BCUT2D eigenvalue weighted by Gasteiger charge is 2.16. The van der Waals surface area contributed by atoms with Crippen LogP contribution in [0, 0.1) is 6.92 Å². The summed E-state index contributed by atoms with van der Waals surface area (Å²) >= 11 is 1.70. The molecule has 5 heteroatoms. The van der Waals surface area contributed by atoms with Gasteiger partial charge >= 0.3 is 0 Å². The predicted molar refractivity (Wildman–Crippen MR) is 90.4 cm³/mol. The van der Waals surface area contributed by atoms with Crippen LogP contribution in [0.2, 0.25) is 0 Å². The van der Waals surface area contributed by atoms with Crippen LogP contribution >= 0.6 is 11.3 Å². The molecule has 0 fully saturated rings. The summed E-state index contributed by atoms with van der Waals surface area (Å²) in [5.41, 5.74) is 1.11. The van der Waals surface area contributed by atoms with Gasteiger partial charge in [-0.05, 0) is 50.2 Å². The molecule has 0 spiro atoms. The molecule has 0 saturated heterocycles. The molecule has 1 aromatic carbocycles. The van der Waals surface area contributed by atoms with Gasteiger partial charge in [-0.25, -0.2) is 0 Å². The topological polar surface area (TPSA) is 41.6 Å². The summed E-state index contributed by atoms with van der Waals surface area (Å²) in [7, 11) is 4.03. The molecule has 4 nitrogen and oxygen atoms in total. The lowest BCUT2D eigenvalue weighted by Gasteiger charge is -2.23. The van der Waals surface area contributed by atoms with Gasteiger partial charge in [0.05, 0.1) is 6.04 Å². The van der Waals surface area contributed by atoms with Crippen molar-refractivity contribution < 1.29 is 9.53 Å². The molecule has 0 radical (unpaired) electrons. The molecule has 0 aliphatic heterocycles. The second kappa shape index (κ2) is 7.96. The Morgan fingerprint density at radius 1 is 1.32 bits per heavy atom. The molecule has 2 rings (SSSR count). The van der Waals surface area contributed by atoms with Gasteiger partial charge in [0.1, 0.15) is 5.75 Å². The molecule has 1 atom stereocenters. The molecule has 0 aliphatic rings. The molecule has 1 aromatic heterocycles. The normalized spacial score (nSPS) is 12.2. The molecule has 0 aliphatic carbocycles. The van der Waals surface area contributed by atoms with Crippen molar-refractivity contribution in [3.8, 4) is 5.75 Å². The molecule has 1 N–H and O–H groups in total. The summed E-state index contributed by atoms with van der Waals surface area (Å²) in [6.45, 7) is 2.60. The Hall–Kier alpha value is -1.85. The Bertz CT molecular complexity index is 596. The summed E-state index contributed by atoms with van der Waals surface area (Å²) in [6.07, 6.45) is 0. The number of thiophene rings is 1. The van der Waals surface area contributed by atoms with E-state index in [4.69, 9.17) is 4.74 Å². The SMILES string of the molecule is Cc1cccc(OCC(=O)NCC(c2cccs2)N(C)C)c1. The van der Waals surface area contributed by atoms with Gasteiger partial charge in [-0.2, -0.15) is 0 Å². The van der Waals surface area contributed by atoms with Crippen molar-refractivity contribution >= 4 is 17.2 Å². The van der Waals surface area contributed by atoms with E-state index >= 15 is 0 Å². The molecule has 22 heavy (non-hydrogen) atoms. The number of nitrogens with one attached hydrogen (secondary N) is 1. The highest BCUT2D eigenvalue weighted by atomic mass is 32.1. The predicted octanol–water partition coefficient (Wildman–Crippen LogP) is 2.85. The largest absolute Gasteiger partial charge is 0.484 e. The van der Waals surface area contributed by atoms with E-state index in [0.717, 1.165) is 11.3 Å². The zero-order valence-electron chi connectivity index (χ0n) is 13.2. The van der Waals surface area contributed by atoms with Crippen molar-refractivity contribution in [2.45, 2.75) is 13.0 Å². The monoisotopic (exact) mass is 318 g/mol. The van der Waals surface area contributed by atoms with Crippen LogP contribution < -0.4 is 10.1 Å². The number of carbonyl (C=O) groups is 1. The van der Waals surface area contributed by atoms with Crippen LogP contribution in [0.15, 0.2) is 41.8 Å². The van der Waals surface area contributed by atoms with Crippen LogP contribution in [-0.4, -0.2) is 38.1 Å². The third kappa shape index (κ3) is 4.86. The lowest BCUT2D eigenvalue weighted by molar-refractivity contribution is -0.123. The van der Waals surface area contributed by atoms with E-state index in [-0.39, 0.29) is 18.6 Å². The van der Waals surface area contributed by atoms with E-state index in [1.807, 2.05) is 51.4 Å². The number of rotatable bonds is 7. The summed E-state index contributed by atoms with van der Waals surface area (Å²) < 4.78 is 5.51. The first-order valence-electron chi connectivity index (χ1n) is 7.22. The number of nitrogens with zero attached hydrogens (tertiary/aromatic N) is 1. The Balaban J connectivity index is 1.81. The molecular weight excluding hydrogens is 296 g/mol. The molecular formula is C17H22N2O2S. The molecule has 0 bridgehead atoms. The average molecular weight is 318 g/mol. The lowest BCUT2D eigenvalue weighted by Crippen LogP contribution is -2.36. The number of hydrogen-bond donors (Lipinski definition) is 1. The van der Waals surface area contributed by atoms with Crippen LogP contribution in [0.4, 0.5) is 0 Å². The van der Waals surface area contributed by atoms with Gasteiger partial charge in [-0.1, -0.05) is 18.2 Å². The van der Waals surface area contributed by atoms with Crippen LogP contribution in [0.3, 0.4) is 0 Å². The molecule has 1 amide bonds. The lowest BCUT2D eigenvalue weighted by atomic mass is 10.2. The first-order valence-corrected chi connectivity index (χ1v) is 8.10. The van der Waals surface area contributed by atoms with E-state index in [2.05, 4.69) is 21.7 Å². The average Bonchev–Trinajstić information content (AvgIpc) is 2.99. The molecule has 0 saturated carbocycles. The second-order valence-electron chi connectivity index (χ2n) is 5.40. The van der Waals surface area contributed by atoms with E-state index in [9.17, 15) is 4.79 Å². The van der Waals surface area contributed by atoms with Crippen molar-refractivity contribution in [1.82, 2.24) is 10.2 Å². The highest BCUT2D eigenvalue weighted by Crippen LogP contribution is 2.22. The van der Waals surface area contributed by atoms with Crippen molar-refractivity contribution in [2.24, 2.45) is 0 Å². The quantitative estimate of drug-likeness (QED) is 0.853. The van der Waals surface area contributed by atoms with Gasteiger partial charge in [-0.3, -0.25) is 4.79 Å². The van der Waals surface area contributed by atoms with Gasteiger partial charge < -0.3 is 15.0 Å². The van der Waals surface area contributed by atoms with Crippen LogP contribution in [0.1, 0.15) is 16.5 Å². The van der Waals surface area contributed by atoms with E-state index < -0.39 is 0 Å².